The molecule has 1 aliphatic rings. The van der Waals surface area contributed by atoms with Crippen LogP contribution in [0.15, 0.2) is 0 Å². The van der Waals surface area contributed by atoms with Gasteiger partial charge in [0, 0.05) is 38.3 Å². The van der Waals surface area contributed by atoms with Crippen molar-refractivity contribution in [3.8, 4) is 0 Å². The summed E-state index contributed by atoms with van der Waals surface area (Å²) in [5.74, 6) is 0. The summed E-state index contributed by atoms with van der Waals surface area (Å²) in [4.78, 5) is 5.19. The van der Waals surface area contributed by atoms with E-state index < -0.39 is 0 Å². The lowest BCUT2D eigenvalue weighted by atomic mass is 10.1. The fraction of sp³-hybridized carbons (Fsp3) is 1.00. The van der Waals surface area contributed by atoms with Gasteiger partial charge in [-0.05, 0) is 26.4 Å². The first kappa shape index (κ1) is 13.9. The molecule has 0 bridgehead atoms. The van der Waals surface area contributed by atoms with Crippen LogP contribution in [0.4, 0.5) is 0 Å². The number of rotatable bonds is 6. The van der Waals surface area contributed by atoms with Crippen LogP contribution in [-0.4, -0.2) is 61.2 Å². The van der Waals surface area contributed by atoms with Gasteiger partial charge in [0.2, 0.25) is 0 Å². The van der Waals surface area contributed by atoms with Gasteiger partial charge in [0.15, 0.2) is 0 Å². The lowest BCUT2D eigenvalue weighted by Crippen LogP contribution is -2.54. The van der Waals surface area contributed by atoms with E-state index in [0.29, 0.717) is 6.04 Å². The maximum Gasteiger partial charge on any atom is 0.0195 e. The molecule has 0 amide bonds. The van der Waals surface area contributed by atoms with Gasteiger partial charge in [-0.2, -0.15) is 0 Å². The van der Waals surface area contributed by atoms with Crippen molar-refractivity contribution in [2.24, 2.45) is 0 Å². The van der Waals surface area contributed by atoms with Crippen LogP contribution in [0.1, 0.15) is 34.1 Å². The summed E-state index contributed by atoms with van der Waals surface area (Å²) in [6, 6.07) is 1.39. The van der Waals surface area contributed by atoms with Crippen LogP contribution < -0.4 is 5.32 Å². The quantitative estimate of drug-likeness (QED) is 0.740. The normalized spacial score (nSPS) is 25.9. The first-order valence-electron chi connectivity index (χ1n) is 6.90. The van der Waals surface area contributed by atoms with Crippen molar-refractivity contribution in [2.75, 3.05) is 39.3 Å². The van der Waals surface area contributed by atoms with E-state index >= 15 is 0 Å². The van der Waals surface area contributed by atoms with Gasteiger partial charge in [0.25, 0.3) is 0 Å². The molecule has 1 N–H and O–H groups in total. The summed E-state index contributed by atoms with van der Waals surface area (Å²) in [6.45, 7) is 16.3. The highest BCUT2D eigenvalue weighted by atomic mass is 15.3. The summed E-state index contributed by atoms with van der Waals surface area (Å²) in [5, 5.41) is 3.56. The molecular weight excluding hydrogens is 198 g/mol. The highest BCUT2D eigenvalue weighted by Crippen LogP contribution is 2.09. The van der Waals surface area contributed by atoms with Gasteiger partial charge in [-0.3, -0.25) is 9.80 Å². The molecule has 1 aliphatic heterocycles. The molecule has 0 spiro atoms. The average Bonchev–Trinajstić information content (AvgIpc) is 2.28. The molecule has 1 saturated heterocycles. The molecule has 96 valence electrons. The Morgan fingerprint density at radius 2 is 2.00 bits per heavy atom. The van der Waals surface area contributed by atoms with Crippen LogP contribution in [0.2, 0.25) is 0 Å². The predicted molar refractivity (Wildman–Crippen MR) is 70.9 cm³/mol. The second-order valence-corrected chi connectivity index (χ2v) is 4.90. The van der Waals surface area contributed by atoms with Crippen LogP contribution in [0.5, 0.6) is 0 Å². The minimum atomic E-state index is 0.672. The molecule has 3 heteroatoms. The van der Waals surface area contributed by atoms with E-state index in [1.165, 1.54) is 39.1 Å². The second kappa shape index (κ2) is 7.25. The van der Waals surface area contributed by atoms with E-state index in [0.717, 1.165) is 12.6 Å². The van der Waals surface area contributed by atoms with Crippen molar-refractivity contribution in [3.63, 3.8) is 0 Å². The van der Waals surface area contributed by atoms with Crippen LogP contribution in [-0.2, 0) is 0 Å². The van der Waals surface area contributed by atoms with Gasteiger partial charge >= 0.3 is 0 Å². The monoisotopic (exact) mass is 227 g/mol. The Labute approximate surface area is 101 Å². The Morgan fingerprint density at radius 1 is 1.25 bits per heavy atom. The van der Waals surface area contributed by atoms with Crippen molar-refractivity contribution in [2.45, 2.75) is 46.2 Å². The minimum Gasteiger partial charge on any atom is -0.313 e. The lowest BCUT2D eigenvalue weighted by molar-refractivity contribution is 0.0810. The van der Waals surface area contributed by atoms with Gasteiger partial charge < -0.3 is 5.32 Å². The third-order valence-electron chi connectivity index (χ3n) is 3.72. The molecule has 0 saturated carbocycles. The van der Waals surface area contributed by atoms with Crippen molar-refractivity contribution in [1.29, 1.82) is 0 Å². The fourth-order valence-corrected chi connectivity index (χ4v) is 2.64. The molecule has 0 aliphatic carbocycles. The molecule has 0 radical (unpaired) electrons. The van der Waals surface area contributed by atoms with Crippen molar-refractivity contribution < 1.29 is 0 Å². The van der Waals surface area contributed by atoms with Crippen molar-refractivity contribution in [1.82, 2.24) is 15.1 Å². The highest BCUT2D eigenvalue weighted by molar-refractivity contribution is 4.81. The Morgan fingerprint density at radius 3 is 2.50 bits per heavy atom. The zero-order valence-corrected chi connectivity index (χ0v) is 11.5. The van der Waals surface area contributed by atoms with E-state index in [4.69, 9.17) is 0 Å². The predicted octanol–water partition coefficient (Wildman–Crippen LogP) is 1.40. The van der Waals surface area contributed by atoms with E-state index in [2.05, 4.69) is 42.8 Å². The number of nitrogens with zero attached hydrogens (tertiary/aromatic N) is 2. The zero-order chi connectivity index (χ0) is 12.0. The molecule has 16 heavy (non-hydrogen) atoms. The Hall–Kier alpha value is -0.120. The lowest BCUT2D eigenvalue weighted by Gasteiger charge is -2.40. The van der Waals surface area contributed by atoms with Crippen LogP contribution in [0, 0.1) is 0 Å². The summed E-state index contributed by atoms with van der Waals surface area (Å²) < 4.78 is 0. The second-order valence-electron chi connectivity index (χ2n) is 4.90. The molecule has 1 heterocycles. The first-order chi connectivity index (χ1) is 7.71. The Kier molecular flexibility index (Phi) is 6.32. The molecular formula is C13H29N3. The summed E-state index contributed by atoms with van der Waals surface area (Å²) in [5.41, 5.74) is 0. The van der Waals surface area contributed by atoms with Gasteiger partial charge in [-0.15, -0.1) is 0 Å². The molecule has 2 atom stereocenters. The maximum absolute atomic E-state index is 3.56. The van der Waals surface area contributed by atoms with Crippen molar-refractivity contribution in [3.05, 3.63) is 0 Å². The average molecular weight is 227 g/mol. The molecule has 3 nitrogen and oxygen atoms in total. The SMILES string of the molecule is CCNC(CC)CN1CCN(CC)C(C)C1. The van der Waals surface area contributed by atoms with Gasteiger partial charge in [0.1, 0.15) is 0 Å². The number of hydrogen-bond donors (Lipinski definition) is 1. The highest BCUT2D eigenvalue weighted by Gasteiger charge is 2.23. The standard InChI is InChI=1S/C13H29N3/c1-5-13(14-6-2)11-15-8-9-16(7-3)12(4)10-15/h12-14H,5-11H2,1-4H3. The van der Waals surface area contributed by atoms with E-state index in [1.807, 2.05) is 0 Å². The van der Waals surface area contributed by atoms with E-state index in [-0.39, 0.29) is 0 Å². The molecule has 0 aromatic carbocycles. The fourth-order valence-electron chi connectivity index (χ4n) is 2.64. The number of hydrogen-bond acceptors (Lipinski definition) is 3. The number of piperazine rings is 1. The van der Waals surface area contributed by atoms with Gasteiger partial charge in [-0.25, -0.2) is 0 Å². The summed E-state index contributed by atoms with van der Waals surface area (Å²) in [7, 11) is 0. The van der Waals surface area contributed by atoms with Gasteiger partial charge in [-0.1, -0.05) is 20.8 Å². The van der Waals surface area contributed by atoms with Crippen LogP contribution >= 0.6 is 0 Å². The molecule has 2 unspecified atom stereocenters. The number of likely N-dealkylation sites (N-methyl/N-ethyl adjacent to an activating group) is 2. The Bertz CT molecular complexity index is 184. The van der Waals surface area contributed by atoms with E-state index in [1.54, 1.807) is 0 Å². The van der Waals surface area contributed by atoms with Crippen LogP contribution in [0.3, 0.4) is 0 Å². The number of nitrogens with one attached hydrogen (secondary N) is 1. The third kappa shape index (κ3) is 4.04. The zero-order valence-electron chi connectivity index (χ0n) is 11.5. The van der Waals surface area contributed by atoms with Crippen molar-refractivity contribution >= 4 is 0 Å². The molecule has 1 fully saturated rings. The molecule has 0 aromatic heterocycles. The summed E-state index contributed by atoms with van der Waals surface area (Å²) >= 11 is 0. The first-order valence-corrected chi connectivity index (χ1v) is 6.90. The smallest absolute Gasteiger partial charge is 0.0195 e. The largest absolute Gasteiger partial charge is 0.313 e. The van der Waals surface area contributed by atoms with Crippen LogP contribution in [0.25, 0.3) is 0 Å². The molecule has 0 aromatic rings. The minimum absolute atomic E-state index is 0.672. The maximum atomic E-state index is 3.56. The van der Waals surface area contributed by atoms with E-state index in [9.17, 15) is 0 Å². The Balaban J connectivity index is 2.33. The topological polar surface area (TPSA) is 18.5 Å². The third-order valence-corrected chi connectivity index (χ3v) is 3.72. The van der Waals surface area contributed by atoms with Gasteiger partial charge in [0.05, 0.1) is 0 Å². The summed E-state index contributed by atoms with van der Waals surface area (Å²) in [6.07, 6.45) is 1.23. The molecule has 1 rings (SSSR count).